The van der Waals surface area contributed by atoms with Crippen molar-refractivity contribution in [3.63, 3.8) is 0 Å². The van der Waals surface area contributed by atoms with E-state index in [1.54, 1.807) is 19.5 Å². The van der Waals surface area contributed by atoms with Gasteiger partial charge in [0.05, 0.1) is 24.8 Å². The zero-order valence-electron chi connectivity index (χ0n) is 13.9. The number of aryl methyl sites for hydroxylation is 1. The third-order valence-corrected chi connectivity index (χ3v) is 4.86. The van der Waals surface area contributed by atoms with Gasteiger partial charge in [0, 0.05) is 31.4 Å². The third kappa shape index (κ3) is 3.70. The molecular weight excluding hydrogens is 326 g/mol. The van der Waals surface area contributed by atoms with Gasteiger partial charge in [-0.3, -0.25) is 9.78 Å². The summed E-state index contributed by atoms with van der Waals surface area (Å²) in [6.07, 6.45) is 5.57. The van der Waals surface area contributed by atoms with Crippen molar-refractivity contribution in [2.45, 2.75) is 32.2 Å². The van der Waals surface area contributed by atoms with E-state index < -0.39 is 0 Å². The maximum absolute atomic E-state index is 12.4. The molecule has 1 aliphatic rings. The Hall–Kier alpha value is -2.06. The van der Waals surface area contributed by atoms with Crippen molar-refractivity contribution in [1.29, 1.82) is 0 Å². The van der Waals surface area contributed by atoms with E-state index >= 15 is 0 Å². The van der Waals surface area contributed by atoms with Crippen molar-refractivity contribution in [3.05, 3.63) is 29.2 Å². The maximum Gasteiger partial charge on any atom is 0.225 e. The van der Waals surface area contributed by atoms with Gasteiger partial charge in [-0.05, 0) is 19.8 Å². The molecule has 1 saturated heterocycles. The van der Waals surface area contributed by atoms with Crippen LogP contribution in [0.15, 0.2) is 17.8 Å². The van der Waals surface area contributed by atoms with Crippen molar-refractivity contribution in [1.82, 2.24) is 19.9 Å². The quantitative estimate of drug-likeness (QED) is 0.865. The summed E-state index contributed by atoms with van der Waals surface area (Å²) >= 11 is 1.53. The van der Waals surface area contributed by atoms with E-state index in [-0.39, 0.29) is 11.9 Å². The molecule has 0 bridgehead atoms. The fourth-order valence-corrected chi connectivity index (χ4v) is 3.57. The van der Waals surface area contributed by atoms with Crippen LogP contribution in [0.25, 0.3) is 0 Å². The van der Waals surface area contributed by atoms with Crippen LogP contribution in [0.4, 0.5) is 10.9 Å². The number of nitrogens with one attached hydrogen (secondary N) is 1. The molecule has 1 amide bonds. The normalized spacial score (nSPS) is 17.2. The van der Waals surface area contributed by atoms with Gasteiger partial charge in [0.25, 0.3) is 0 Å². The first-order valence-electron chi connectivity index (χ1n) is 7.97. The van der Waals surface area contributed by atoms with Crippen molar-refractivity contribution >= 4 is 28.2 Å². The molecule has 0 saturated carbocycles. The third-order valence-electron chi connectivity index (χ3n) is 3.98. The SMILES string of the molecule is COCCC(=O)N1CCCC1c1nccnc1Nc1nc(C)cs1. The molecule has 1 atom stereocenters. The highest BCUT2D eigenvalue weighted by Crippen LogP contribution is 2.35. The van der Waals surface area contributed by atoms with Crippen LogP contribution in [0, 0.1) is 6.92 Å². The average molecular weight is 347 g/mol. The molecule has 1 N–H and O–H groups in total. The lowest BCUT2D eigenvalue weighted by Gasteiger charge is -2.25. The summed E-state index contributed by atoms with van der Waals surface area (Å²) in [6, 6.07) is -0.0494. The van der Waals surface area contributed by atoms with Crippen LogP contribution in [-0.4, -0.2) is 46.0 Å². The van der Waals surface area contributed by atoms with Crippen molar-refractivity contribution < 1.29 is 9.53 Å². The van der Waals surface area contributed by atoms with Gasteiger partial charge in [0.1, 0.15) is 5.69 Å². The van der Waals surface area contributed by atoms with Crippen LogP contribution in [0.3, 0.4) is 0 Å². The van der Waals surface area contributed by atoms with Crippen LogP contribution in [0.5, 0.6) is 0 Å². The minimum atomic E-state index is -0.0494. The molecular formula is C16H21N5O2S. The van der Waals surface area contributed by atoms with E-state index in [9.17, 15) is 4.79 Å². The standard InChI is InChI=1S/C16H21N5O2S/c1-11-10-24-16(19-11)20-15-14(17-6-7-18-15)12-4-3-8-21(12)13(22)5-9-23-2/h6-7,10,12H,3-5,8-9H2,1-2H3,(H,18,19,20). The average Bonchev–Trinajstić information content (AvgIpc) is 3.22. The first-order valence-corrected chi connectivity index (χ1v) is 8.85. The van der Waals surface area contributed by atoms with Crippen LogP contribution >= 0.6 is 11.3 Å². The van der Waals surface area contributed by atoms with Gasteiger partial charge < -0.3 is 15.0 Å². The summed E-state index contributed by atoms with van der Waals surface area (Å²) in [7, 11) is 1.61. The molecule has 2 aromatic rings. The van der Waals surface area contributed by atoms with Crippen molar-refractivity contribution in [3.8, 4) is 0 Å². The Morgan fingerprint density at radius 2 is 2.29 bits per heavy atom. The van der Waals surface area contributed by atoms with Gasteiger partial charge in [-0.1, -0.05) is 0 Å². The second kappa shape index (κ2) is 7.67. The number of rotatable bonds is 6. The van der Waals surface area contributed by atoms with E-state index in [1.165, 1.54) is 11.3 Å². The molecule has 1 unspecified atom stereocenters. The Labute approximate surface area is 145 Å². The zero-order chi connectivity index (χ0) is 16.9. The van der Waals surface area contributed by atoms with E-state index in [0.29, 0.717) is 18.8 Å². The molecule has 3 rings (SSSR count). The largest absolute Gasteiger partial charge is 0.384 e. The fourth-order valence-electron chi connectivity index (χ4n) is 2.88. The number of carbonyl (C=O) groups excluding carboxylic acids is 1. The Morgan fingerprint density at radius 3 is 3.04 bits per heavy atom. The summed E-state index contributed by atoms with van der Waals surface area (Å²) in [5.74, 6) is 0.768. The molecule has 0 spiro atoms. The van der Waals surface area contributed by atoms with E-state index in [4.69, 9.17) is 4.74 Å². The molecule has 128 valence electrons. The number of likely N-dealkylation sites (tertiary alicyclic amines) is 1. The number of hydrogen-bond donors (Lipinski definition) is 1. The number of ether oxygens (including phenoxy) is 1. The van der Waals surface area contributed by atoms with Gasteiger partial charge in [-0.2, -0.15) is 0 Å². The number of thiazole rings is 1. The Kier molecular flexibility index (Phi) is 5.37. The van der Waals surface area contributed by atoms with Crippen molar-refractivity contribution in [2.24, 2.45) is 0 Å². The first-order chi connectivity index (χ1) is 11.7. The zero-order valence-corrected chi connectivity index (χ0v) is 14.7. The number of carbonyl (C=O) groups is 1. The Bertz CT molecular complexity index is 705. The predicted molar refractivity (Wildman–Crippen MR) is 92.3 cm³/mol. The van der Waals surface area contributed by atoms with Gasteiger partial charge >= 0.3 is 0 Å². The second-order valence-electron chi connectivity index (χ2n) is 5.70. The molecule has 3 heterocycles. The fraction of sp³-hybridized carbons (Fsp3) is 0.500. The Morgan fingerprint density at radius 1 is 1.46 bits per heavy atom. The topological polar surface area (TPSA) is 80.2 Å². The molecule has 2 aromatic heterocycles. The van der Waals surface area contributed by atoms with Crippen LogP contribution < -0.4 is 5.32 Å². The van der Waals surface area contributed by atoms with Gasteiger partial charge in [0.2, 0.25) is 5.91 Å². The highest BCUT2D eigenvalue weighted by molar-refractivity contribution is 7.13. The van der Waals surface area contributed by atoms with Gasteiger partial charge in [-0.15, -0.1) is 11.3 Å². The summed E-state index contributed by atoms with van der Waals surface area (Å²) in [4.78, 5) is 27.6. The number of hydrogen-bond acceptors (Lipinski definition) is 7. The monoisotopic (exact) mass is 347 g/mol. The second-order valence-corrected chi connectivity index (χ2v) is 6.56. The lowest BCUT2D eigenvalue weighted by Crippen LogP contribution is -2.32. The first kappa shape index (κ1) is 16.8. The van der Waals surface area contributed by atoms with Crippen LogP contribution in [-0.2, 0) is 9.53 Å². The lowest BCUT2D eigenvalue weighted by molar-refractivity contribution is -0.133. The molecule has 0 aromatic carbocycles. The predicted octanol–water partition coefficient (Wildman–Crippen LogP) is 2.69. The van der Waals surface area contributed by atoms with E-state index in [1.807, 2.05) is 17.2 Å². The summed E-state index contributed by atoms with van der Waals surface area (Å²) < 4.78 is 5.02. The van der Waals surface area contributed by atoms with Crippen LogP contribution in [0.1, 0.15) is 36.7 Å². The Balaban J connectivity index is 1.81. The summed E-state index contributed by atoms with van der Waals surface area (Å²) in [5.41, 5.74) is 1.76. The number of aromatic nitrogens is 3. The van der Waals surface area contributed by atoms with Crippen LogP contribution in [0.2, 0.25) is 0 Å². The number of amides is 1. The summed E-state index contributed by atoms with van der Waals surface area (Å²) in [6.45, 7) is 3.14. The van der Waals surface area contributed by atoms with E-state index in [2.05, 4.69) is 20.3 Å². The minimum Gasteiger partial charge on any atom is -0.384 e. The number of methoxy groups -OCH3 is 1. The minimum absolute atomic E-state index is 0.0494. The molecule has 8 heteroatoms. The molecule has 7 nitrogen and oxygen atoms in total. The summed E-state index contributed by atoms with van der Waals surface area (Å²) in [5, 5.41) is 6.01. The highest BCUT2D eigenvalue weighted by Gasteiger charge is 2.32. The molecule has 1 aliphatic heterocycles. The number of nitrogens with zero attached hydrogens (tertiary/aromatic N) is 4. The molecule has 0 aliphatic carbocycles. The molecule has 1 fully saturated rings. The molecule has 0 radical (unpaired) electrons. The van der Waals surface area contributed by atoms with Gasteiger partial charge in [0.15, 0.2) is 10.9 Å². The lowest BCUT2D eigenvalue weighted by atomic mass is 10.1. The maximum atomic E-state index is 12.4. The highest BCUT2D eigenvalue weighted by atomic mass is 32.1. The van der Waals surface area contributed by atoms with E-state index in [0.717, 1.165) is 35.9 Å². The van der Waals surface area contributed by atoms with Gasteiger partial charge in [-0.25, -0.2) is 9.97 Å². The molecule has 24 heavy (non-hydrogen) atoms. The van der Waals surface area contributed by atoms with Crippen molar-refractivity contribution in [2.75, 3.05) is 25.6 Å². The smallest absolute Gasteiger partial charge is 0.225 e. The number of anilines is 2.